The minimum Gasteiger partial charge on any atom is -0.445 e. The van der Waals surface area contributed by atoms with Crippen molar-refractivity contribution in [3.05, 3.63) is 35.9 Å². The number of aliphatic hydroxyl groups excluding tert-OH is 1. The van der Waals surface area contributed by atoms with Gasteiger partial charge in [-0.3, -0.25) is 4.79 Å². The van der Waals surface area contributed by atoms with Gasteiger partial charge in [-0.1, -0.05) is 30.3 Å². The first-order chi connectivity index (χ1) is 12.3. The lowest BCUT2D eigenvalue weighted by Crippen LogP contribution is -2.47. The highest BCUT2D eigenvalue weighted by atomic mass is 16.7. The molecule has 0 saturated carbocycles. The van der Waals surface area contributed by atoms with Gasteiger partial charge in [-0.2, -0.15) is 0 Å². The van der Waals surface area contributed by atoms with Crippen molar-refractivity contribution in [2.24, 2.45) is 5.41 Å². The summed E-state index contributed by atoms with van der Waals surface area (Å²) in [7, 11) is 0. The van der Waals surface area contributed by atoms with Gasteiger partial charge in [-0.15, -0.1) is 0 Å². The predicted molar refractivity (Wildman–Crippen MR) is 94.1 cm³/mol. The van der Waals surface area contributed by atoms with Gasteiger partial charge < -0.3 is 24.6 Å². The van der Waals surface area contributed by atoms with Crippen LogP contribution in [0.2, 0.25) is 0 Å². The summed E-state index contributed by atoms with van der Waals surface area (Å²) >= 11 is 0. The Bertz CT molecular complexity index is 598. The topological polar surface area (TPSA) is 94.1 Å². The molecule has 1 aliphatic rings. The lowest BCUT2D eigenvalue weighted by Gasteiger charge is -2.34. The van der Waals surface area contributed by atoms with E-state index in [1.54, 1.807) is 20.8 Å². The Morgan fingerprint density at radius 2 is 1.92 bits per heavy atom. The normalized spacial score (nSPS) is 23.2. The second kappa shape index (κ2) is 9.00. The van der Waals surface area contributed by atoms with Crippen LogP contribution in [0.3, 0.4) is 0 Å². The van der Waals surface area contributed by atoms with Crippen molar-refractivity contribution >= 4 is 12.1 Å². The van der Waals surface area contributed by atoms with E-state index in [9.17, 15) is 14.7 Å². The quantitative estimate of drug-likeness (QED) is 0.778. The minimum absolute atomic E-state index is 0.0678. The van der Waals surface area contributed by atoms with E-state index in [0.717, 1.165) is 5.56 Å². The van der Waals surface area contributed by atoms with Crippen LogP contribution < -0.4 is 5.32 Å². The summed E-state index contributed by atoms with van der Waals surface area (Å²) in [6.45, 7) is 5.50. The number of carbonyl (C=O) groups is 2. The van der Waals surface area contributed by atoms with E-state index in [1.165, 1.54) is 0 Å². The molecule has 1 aliphatic heterocycles. The molecule has 2 rings (SSSR count). The van der Waals surface area contributed by atoms with Gasteiger partial charge in [0, 0.05) is 13.0 Å². The van der Waals surface area contributed by atoms with Gasteiger partial charge in [-0.25, -0.2) is 4.79 Å². The standard InChI is InChI=1S/C19H27NO6/c1-19(2,3)17(22)26-16-10-9-14(21)15(25-16)11-20-18(23)24-12-13-7-5-4-6-8-13/h4-8,14-16,21H,9-12H2,1-3H3,(H,20,23)/t14-,15+,16+/m0/s1. The lowest BCUT2D eigenvalue weighted by molar-refractivity contribution is -0.225. The molecule has 0 spiro atoms. The Hall–Kier alpha value is -2.12. The smallest absolute Gasteiger partial charge is 0.407 e. The molecule has 0 radical (unpaired) electrons. The number of rotatable bonds is 5. The molecule has 1 aromatic carbocycles. The molecule has 0 unspecified atom stereocenters. The average Bonchev–Trinajstić information content (AvgIpc) is 2.60. The van der Waals surface area contributed by atoms with Gasteiger partial charge in [0.05, 0.1) is 11.5 Å². The number of carbonyl (C=O) groups excluding carboxylic acids is 2. The molecule has 1 amide bonds. The third kappa shape index (κ3) is 6.31. The summed E-state index contributed by atoms with van der Waals surface area (Å²) < 4.78 is 16.1. The van der Waals surface area contributed by atoms with Crippen molar-refractivity contribution in [2.75, 3.05) is 6.54 Å². The monoisotopic (exact) mass is 365 g/mol. The molecular weight excluding hydrogens is 338 g/mol. The van der Waals surface area contributed by atoms with Gasteiger partial charge in [0.2, 0.25) is 6.29 Å². The molecule has 0 bridgehead atoms. The van der Waals surface area contributed by atoms with Crippen molar-refractivity contribution < 1.29 is 28.9 Å². The number of alkyl carbamates (subject to hydrolysis) is 1. The fraction of sp³-hybridized carbons (Fsp3) is 0.579. The third-order valence-electron chi connectivity index (χ3n) is 3.97. The Morgan fingerprint density at radius 1 is 1.23 bits per heavy atom. The highest BCUT2D eigenvalue weighted by Gasteiger charge is 2.34. The van der Waals surface area contributed by atoms with Gasteiger partial charge in [-0.05, 0) is 32.8 Å². The second-order valence-corrected chi connectivity index (χ2v) is 7.35. The van der Waals surface area contributed by atoms with Crippen LogP contribution in [-0.4, -0.2) is 42.2 Å². The highest BCUT2D eigenvalue weighted by molar-refractivity contribution is 5.75. The zero-order chi connectivity index (χ0) is 19.2. The van der Waals surface area contributed by atoms with Gasteiger partial charge in [0.15, 0.2) is 0 Å². The molecule has 144 valence electrons. The zero-order valence-corrected chi connectivity index (χ0v) is 15.4. The fourth-order valence-corrected chi connectivity index (χ4v) is 2.37. The Kier molecular flexibility index (Phi) is 6.99. The molecule has 26 heavy (non-hydrogen) atoms. The Morgan fingerprint density at radius 3 is 2.58 bits per heavy atom. The third-order valence-corrected chi connectivity index (χ3v) is 3.97. The minimum atomic E-state index is -0.742. The molecule has 1 aromatic rings. The molecule has 1 fully saturated rings. The molecular formula is C19H27NO6. The van der Waals surface area contributed by atoms with Crippen molar-refractivity contribution in [3.63, 3.8) is 0 Å². The van der Waals surface area contributed by atoms with Gasteiger partial charge in [0.1, 0.15) is 12.7 Å². The molecule has 1 heterocycles. The van der Waals surface area contributed by atoms with Crippen LogP contribution in [0.4, 0.5) is 4.79 Å². The molecule has 7 heteroatoms. The van der Waals surface area contributed by atoms with E-state index in [-0.39, 0.29) is 19.1 Å². The first-order valence-electron chi connectivity index (χ1n) is 8.75. The fourth-order valence-electron chi connectivity index (χ4n) is 2.37. The van der Waals surface area contributed by atoms with E-state index in [0.29, 0.717) is 12.8 Å². The first-order valence-corrected chi connectivity index (χ1v) is 8.75. The number of hydrogen-bond donors (Lipinski definition) is 2. The average molecular weight is 365 g/mol. The van der Waals surface area contributed by atoms with Crippen molar-refractivity contribution in [1.82, 2.24) is 5.32 Å². The number of aliphatic hydroxyl groups is 1. The number of nitrogens with one attached hydrogen (secondary N) is 1. The van der Waals surface area contributed by atoms with E-state index >= 15 is 0 Å². The van der Waals surface area contributed by atoms with Crippen LogP contribution in [-0.2, 0) is 25.6 Å². The summed E-state index contributed by atoms with van der Waals surface area (Å²) in [5.74, 6) is -0.368. The lowest BCUT2D eigenvalue weighted by atomic mass is 9.97. The summed E-state index contributed by atoms with van der Waals surface area (Å²) in [6.07, 6.45) is -1.89. The molecule has 3 atom stereocenters. The Balaban J connectivity index is 1.76. The van der Waals surface area contributed by atoms with Crippen LogP contribution in [0.15, 0.2) is 30.3 Å². The maximum atomic E-state index is 12.0. The summed E-state index contributed by atoms with van der Waals surface area (Å²) in [4.78, 5) is 23.8. The number of amides is 1. The zero-order valence-electron chi connectivity index (χ0n) is 15.4. The van der Waals surface area contributed by atoms with Crippen LogP contribution in [0.25, 0.3) is 0 Å². The summed E-state index contributed by atoms with van der Waals surface area (Å²) in [5.41, 5.74) is 0.250. The highest BCUT2D eigenvalue weighted by Crippen LogP contribution is 2.24. The van der Waals surface area contributed by atoms with Crippen molar-refractivity contribution in [3.8, 4) is 0 Å². The van der Waals surface area contributed by atoms with E-state index < -0.39 is 30.0 Å². The maximum Gasteiger partial charge on any atom is 0.407 e. The number of esters is 1. The maximum absolute atomic E-state index is 12.0. The molecule has 0 aromatic heterocycles. The first kappa shape index (κ1) is 20.2. The van der Waals surface area contributed by atoms with E-state index in [2.05, 4.69) is 5.32 Å². The number of benzene rings is 1. The number of ether oxygens (including phenoxy) is 3. The van der Waals surface area contributed by atoms with Crippen LogP contribution in [0.5, 0.6) is 0 Å². The van der Waals surface area contributed by atoms with Crippen LogP contribution >= 0.6 is 0 Å². The number of hydrogen-bond acceptors (Lipinski definition) is 6. The molecule has 7 nitrogen and oxygen atoms in total. The van der Waals surface area contributed by atoms with Crippen molar-refractivity contribution in [1.29, 1.82) is 0 Å². The Labute approximate surface area is 153 Å². The molecule has 1 saturated heterocycles. The van der Waals surface area contributed by atoms with Crippen LogP contribution in [0, 0.1) is 5.41 Å². The van der Waals surface area contributed by atoms with Crippen LogP contribution in [0.1, 0.15) is 39.2 Å². The SMILES string of the molecule is CC(C)(C)C(=O)O[C@@H]1CC[C@H](O)[C@@H](CNC(=O)OCc2ccccc2)O1. The van der Waals surface area contributed by atoms with E-state index in [1.807, 2.05) is 30.3 Å². The predicted octanol–water partition coefficient (Wildman–Crippen LogP) is 2.37. The second-order valence-electron chi connectivity index (χ2n) is 7.35. The van der Waals surface area contributed by atoms with Gasteiger partial charge in [0.25, 0.3) is 0 Å². The summed E-state index contributed by atoms with van der Waals surface area (Å²) in [5, 5.41) is 12.6. The van der Waals surface area contributed by atoms with Gasteiger partial charge >= 0.3 is 12.1 Å². The largest absolute Gasteiger partial charge is 0.445 e. The van der Waals surface area contributed by atoms with Crippen molar-refractivity contribution in [2.45, 2.75) is 58.7 Å². The summed E-state index contributed by atoms with van der Waals surface area (Å²) in [6, 6.07) is 9.32. The molecule has 2 N–H and O–H groups in total. The molecule has 0 aliphatic carbocycles. The van der Waals surface area contributed by atoms with E-state index in [4.69, 9.17) is 14.2 Å².